The summed E-state index contributed by atoms with van der Waals surface area (Å²) in [7, 11) is 0. The maximum Gasteiger partial charge on any atom is 0.382 e. The van der Waals surface area contributed by atoms with Crippen LogP contribution in [0.3, 0.4) is 0 Å². The Kier molecular flexibility index (Phi) is 6.26. The summed E-state index contributed by atoms with van der Waals surface area (Å²) in [6.07, 6.45) is -0.109. The predicted molar refractivity (Wildman–Crippen MR) is 121 cm³/mol. The molecular weight excluding hydrogens is 402 g/mol. The van der Waals surface area contributed by atoms with E-state index >= 15 is 0 Å². The van der Waals surface area contributed by atoms with E-state index in [2.05, 4.69) is 0 Å². The second kappa shape index (κ2) is 9.43. The maximum atomic E-state index is 13.6. The first-order chi connectivity index (χ1) is 15.6. The zero-order valence-corrected chi connectivity index (χ0v) is 17.7. The second-order valence-corrected chi connectivity index (χ2v) is 7.48. The summed E-state index contributed by atoms with van der Waals surface area (Å²) in [5.41, 5.74) is 1.98. The van der Waals surface area contributed by atoms with Crippen LogP contribution < -0.4 is 0 Å². The minimum absolute atomic E-state index is 0.167. The van der Waals surface area contributed by atoms with Gasteiger partial charge >= 0.3 is 5.97 Å². The lowest BCUT2D eigenvalue weighted by atomic mass is 9.94. The topological polar surface area (TPSA) is 63.7 Å². The Morgan fingerprint density at radius 1 is 0.844 bits per heavy atom. The second-order valence-electron chi connectivity index (χ2n) is 7.48. The first-order valence-electron chi connectivity index (χ1n) is 10.6. The molecular formula is C27H23NO4. The summed E-state index contributed by atoms with van der Waals surface area (Å²) < 4.78 is 5.69. The molecule has 5 nitrogen and oxygen atoms in total. The zero-order valence-electron chi connectivity index (χ0n) is 17.7. The fourth-order valence-electron chi connectivity index (χ4n) is 3.88. The summed E-state index contributed by atoms with van der Waals surface area (Å²) in [6.45, 7) is 2.48. The Bertz CT molecular complexity index is 1150. The minimum Gasteiger partial charge on any atom is -0.431 e. The zero-order chi connectivity index (χ0) is 22.5. The highest BCUT2D eigenvalue weighted by molar-refractivity contribution is 6.51. The highest BCUT2D eigenvalue weighted by atomic mass is 16.6. The Morgan fingerprint density at radius 3 is 2.00 bits per heavy atom. The van der Waals surface area contributed by atoms with Crippen molar-refractivity contribution in [3.8, 4) is 0 Å². The summed E-state index contributed by atoms with van der Waals surface area (Å²) in [5.74, 6) is -2.47. The molecule has 0 bridgehead atoms. The number of hydrogen-bond donors (Lipinski definition) is 0. The van der Waals surface area contributed by atoms with Crippen LogP contribution in [0, 0.1) is 0 Å². The number of carbonyl (C=O) groups excluding carboxylic acids is 3. The molecule has 0 spiro atoms. The van der Waals surface area contributed by atoms with Gasteiger partial charge in [-0.1, -0.05) is 97.9 Å². The van der Waals surface area contributed by atoms with E-state index in [1.807, 2.05) is 72.5 Å². The Morgan fingerprint density at radius 2 is 1.41 bits per heavy atom. The monoisotopic (exact) mass is 425 g/mol. The standard InChI is InChI=1S/C27H23NO4/c1-2-18-28-23(19-12-6-3-7-13-19)22(24(29)20-14-8-4-9-15-20)25(30)27(31)32-26(28)21-16-10-5-11-17-21/h3-17,26H,2,18H2,1H3. The van der Waals surface area contributed by atoms with Crippen LogP contribution in [0.15, 0.2) is 96.6 Å². The fourth-order valence-corrected chi connectivity index (χ4v) is 3.88. The van der Waals surface area contributed by atoms with Crippen molar-refractivity contribution >= 4 is 23.2 Å². The van der Waals surface area contributed by atoms with E-state index in [1.54, 1.807) is 30.3 Å². The molecule has 5 heteroatoms. The SMILES string of the molecule is CCCN1C(c2ccccc2)=C(C(=O)c2ccccc2)C(=O)C(=O)OC1c1ccccc1. The lowest BCUT2D eigenvalue weighted by Crippen LogP contribution is -2.30. The molecule has 160 valence electrons. The molecule has 0 amide bonds. The number of esters is 1. The van der Waals surface area contributed by atoms with Gasteiger partial charge in [0, 0.05) is 17.7 Å². The van der Waals surface area contributed by atoms with Gasteiger partial charge in [0.05, 0.1) is 5.70 Å². The van der Waals surface area contributed by atoms with Crippen molar-refractivity contribution in [1.82, 2.24) is 4.90 Å². The first kappa shape index (κ1) is 21.2. The van der Waals surface area contributed by atoms with E-state index in [4.69, 9.17) is 4.74 Å². The van der Waals surface area contributed by atoms with Gasteiger partial charge in [-0.15, -0.1) is 0 Å². The van der Waals surface area contributed by atoms with Crippen molar-refractivity contribution in [3.63, 3.8) is 0 Å². The lowest BCUT2D eigenvalue weighted by Gasteiger charge is -2.33. The molecule has 3 aromatic carbocycles. The van der Waals surface area contributed by atoms with Crippen LogP contribution in [0.1, 0.15) is 41.1 Å². The highest BCUT2D eigenvalue weighted by Gasteiger charge is 2.40. The quantitative estimate of drug-likeness (QED) is 0.245. The van der Waals surface area contributed by atoms with Crippen LogP contribution in [-0.2, 0) is 14.3 Å². The van der Waals surface area contributed by atoms with Gasteiger partial charge in [0.15, 0.2) is 5.78 Å². The average Bonchev–Trinajstić information content (AvgIpc) is 2.95. The summed E-state index contributed by atoms with van der Waals surface area (Å²) in [6, 6.07) is 27.0. The molecule has 1 unspecified atom stereocenters. The van der Waals surface area contributed by atoms with Gasteiger partial charge in [0.25, 0.3) is 5.78 Å². The molecule has 1 atom stereocenters. The number of benzene rings is 3. The van der Waals surface area contributed by atoms with Gasteiger partial charge in [-0.3, -0.25) is 9.59 Å². The summed E-state index contributed by atoms with van der Waals surface area (Å²) in [5, 5.41) is 0. The third-order valence-electron chi connectivity index (χ3n) is 5.30. The molecule has 4 rings (SSSR count). The number of carbonyl (C=O) groups is 3. The summed E-state index contributed by atoms with van der Waals surface area (Å²) >= 11 is 0. The highest BCUT2D eigenvalue weighted by Crippen LogP contribution is 2.37. The number of cyclic esters (lactones) is 1. The Hall–Kier alpha value is -3.99. The van der Waals surface area contributed by atoms with Crippen LogP contribution in [-0.4, -0.2) is 29.0 Å². The Labute approximate surface area is 186 Å². The van der Waals surface area contributed by atoms with Crippen LogP contribution >= 0.6 is 0 Å². The van der Waals surface area contributed by atoms with Crippen molar-refractivity contribution in [2.24, 2.45) is 0 Å². The van der Waals surface area contributed by atoms with Crippen molar-refractivity contribution in [1.29, 1.82) is 0 Å². The fraction of sp³-hybridized carbons (Fsp3) is 0.148. The molecule has 1 aliphatic rings. The van der Waals surface area contributed by atoms with E-state index in [1.165, 1.54) is 0 Å². The number of nitrogens with zero attached hydrogens (tertiary/aromatic N) is 1. The molecule has 3 aromatic rings. The molecule has 0 saturated carbocycles. The van der Waals surface area contributed by atoms with Crippen LogP contribution in [0.25, 0.3) is 5.70 Å². The largest absolute Gasteiger partial charge is 0.431 e. The minimum atomic E-state index is -1.04. The van der Waals surface area contributed by atoms with Gasteiger partial charge in [0.2, 0.25) is 6.23 Å². The molecule has 32 heavy (non-hydrogen) atoms. The number of ether oxygens (including phenoxy) is 1. The molecule has 1 heterocycles. The van der Waals surface area contributed by atoms with Crippen molar-refractivity contribution in [2.45, 2.75) is 19.6 Å². The van der Waals surface area contributed by atoms with Crippen LogP contribution in [0.4, 0.5) is 0 Å². The van der Waals surface area contributed by atoms with E-state index < -0.39 is 23.8 Å². The van der Waals surface area contributed by atoms with E-state index in [-0.39, 0.29) is 5.57 Å². The number of rotatable bonds is 6. The number of ketones is 2. The number of Topliss-reactive ketones (excluding diaryl/α,β-unsaturated/α-hetero) is 2. The third kappa shape index (κ3) is 4.10. The molecule has 0 fully saturated rings. The van der Waals surface area contributed by atoms with E-state index in [0.29, 0.717) is 23.4 Å². The molecule has 0 aromatic heterocycles. The van der Waals surface area contributed by atoms with E-state index in [9.17, 15) is 14.4 Å². The van der Waals surface area contributed by atoms with Gasteiger partial charge in [-0.25, -0.2) is 4.79 Å². The summed E-state index contributed by atoms with van der Waals surface area (Å²) in [4.78, 5) is 41.6. The molecule has 0 aliphatic carbocycles. The van der Waals surface area contributed by atoms with Gasteiger partial charge < -0.3 is 9.64 Å². The smallest absolute Gasteiger partial charge is 0.382 e. The lowest BCUT2D eigenvalue weighted by molar-refractivity contribution is -0.161. The van der Waals surface area contributed by atoms with Crippen molar-refractivity contribution in [3.05, 3.63) is 113 Å². The average molecular weight is 425 g/mol. The molecule has 0 radical (unpaired) electrons. The third-order valence-corrected chi connectivity index (χ3v) is 5.30. The molecule has 1 aliphatic heterocycles. The van der Waals surface area contributed by atoms with Crippen LogP contribution in [0.5, 0.6) is 0 Å². The first-order valence-corrected chi connectivity index (χ1v) is 10.6. The van der Waals surface area contributed by atoms with Crippen molar-refractivity contribution in [2.75, 3.05) is 6.54 Å². The van der Waals surface area contributed by atoms with E-state index in [0.717, 1.165) is 12.0 Å². The number of hydrogen-bond acceptors (Lipinski definition) is 5. The maximum absolute atomic E-state index is 13.6. The van der Waals surface area contributed by atoms with Crippen LogP contribution in [0.2, 0.25) is 0 Å². The molecule has 0 saturated heterocycles. The van der Waals surface area contributed by atoms with Gasteiger partial charge in [-0.2, -0.15) is 0 Å². The predicted octanol–water partition coefficient (Wildman–Crippen LogP) is 4.82. The normalized spacial score (nSPS) is 16.5. The van der Waals surface area contributed by atoms with Crippen molar-refractivity contribution < 1.29 is 19.1 Å². The Balaban J connectivity index is 2.00. The van der Waals surface area contributed by atoms with Gasteiger partial charge in [0.1, 0.15) is 5.57 Å². The molecule has 0 N–H and O–H groups in total. The van der Waals surface area contributed by atoms with Gasteiger partial charge in [-0.05, 0) is 12.0 Å².